The van der Waals surface area contributed by atoms with E-state index in [1.165, 1.54) is 76.1 Å². The van der Waals surface area contributed by atoms with Crippen molar-refractivity contribution in [2.75, 3.05) is 31.1 Å². The second kappa shape index (κ2) is 9.53. The van der Waals surface area contributed by atoms with Gasteiger partial charge in [0.15, 0.2) is 0 Å². The first-order valence-electron chi connectivity index (χ1n) is 6.73. The Bertz CT molecular complexity index is 132. The Morgan fingerprint density at radius 1 is 0.867 bits per heavy atom. The van der Waals surface area contributed by atoms with Crippen molar-refractivity contribution in [3.63, 3.8) is 0 Å². The van der Waals surface area contributed by atoms with Crippen LogP contribution < -0.4 is 0 Å². The molecule has 0 aromatic carbocycles. The largest absolute Gasteiger partial charge is 0.302 e. The standard InChI is InChI=1S/C13H27NS/c1-2-3-4-5-6-7-8-9-14-10-12-15-13-11-14/h2-13H2,1H3. The summed E-state index contributed by atoms with van der Waals surface area (Å²) in [5, 5.41) is 0. The molecule has 15 heavy (non-hydrogen) atoms. The second-order valence-corrected chi connectivity index (χ2v) is 5.80. The van der Waals surface area contributed by atoms with Gasteiger partial charge in [-0.2, -0.15) is 11.8 Å². The Labute approximate surface area is 100.0 Å². The zero-order valence-corrected chi connectivity index (χ0v) is 11.2. The number of hydrogen-bond donors (Lipinski definition) is 0. The fourth-order valence-electron chi connectivity index (χ4n) is 2.12. The monoisotopic (exact) mass is 229 g/mol. The molecule has 1 saturated heterocycles. The van der Waals surface area contributed by atoms with Crippen LogP contribution in [-0.4, -0.2) is 36.0 Å². The van der Waals surface area contributed by atoms with Gasteiger partial charge < -0.3 is 4.90 Å². The van der Waals surface area contributed by atoms with Crippen molar-refractivity contribution in [1.29, 1.82) is 0 Å². The molecule has 1 aliphatic heterocycles. The van der Waals surface area contributed by atoms with Gasteiger partial charge in [0.2, 0.25) is 0 Å². The maximum atomic E-state index is 2.64. The average molecular weight is 229 g/mol. The van der Waals surface area contributed by atoms with Crippen LogP contribution in [0.3, 0.4) is 0 Å². The van der Waals surface area contributed by atoms with E-state index in [1.807, 2.05) is 0 Å². The fourth-order valence-corrected chi connectivity index (χ4v) is 3.10. The highest BCUT2D eigenvalue weighted by atomic mass is 32.2. The van der Waals surface area contributed by atoms with E-state index in [2.05, 4.69) is 23.6 Å². The fraction of sp³-hybridized carbons (Fsp3) is 1.00. The summed E-state index contributed by atoms with van der Waals surface area (Å²) in [5.41, 5.74) is 0. The Morgan fingerprint density at radius 2 is 1.47 bits per heavy atom. The van der Waals surface area contributed by atoms with Crippen LogP contribution in [0.15, 0.2) is 0 Å². The number of nitrogens with zero attached hydrogens (tertiary/aromatic N) is 1. The molecule has 90 valence electrons. The topological polar surface area (TPSA) is 3.24 Å². The molecule has 0 unspecified atom stereocenters. The van der Waals surface area contributed by atoms with Gasteiger partial charge in [0, 0.05) is 24.6 Å². The summed E-state index contributed by atoms with van der Waals surface area (Å²) in [5.74, 6) is 2.72. The minimum Gasteiger partial charge on any atom is -0.302 e. The van der Waals surface area contributed by atoms with Crippen LogP contribution in [0.25, 0.3) is 0 Å². The minimum atomic E-state index is 1.33. The van der Waals surface area contributed by atoms with Gasteiger partial charge in [-0.1, -0.05) is 45.4 Å². The predicted octanol–water partition coefficient (Wildman–Crippen LogP) is 3.79. The highest BCUT2D eigenvalue weighted by Crippen LogP contribution is 2.11. The molecule has 1 heterocycles. The van der Waals surface area contributed by atoms with Crippen molar-refractivity contribution in [2.45, 2.75) is 51.9 Å². The predicted molar refractivity (Wildman–Crippen MR) is 71.8 cm³/mol. The summed E-state index contributed by atoms with van der Waals surface area (Å²) < 4.78 is 0. The van der Waals surface area contributed by atoms with Crippen molar-refractivity contribution in [3.8, 4) is 0 Å². The lowest BCUT2D eigenvalue weighted by molar-refractivity contribution is 0.294. The Kier molecular flexibility index (Phi) is 8.50. The molecule has 2 heteroatoms. The van der Waals surface area contributed by atoms with Gasteiger partial charge in [-0.25, -0.2) is 0 Å². The van der Waals surface area contributed by atoms with Gasteiger partial charge in [0.05, 0.1) is 0 Å². The van der Waals surface area contributed by atoms with Gasteiger partial charge in [-0.15, -0.1) is 0 Å². The highest BCUT2D eigenvalue weighted by Gasteiger charge is 2.08. The lowest BCUT2D eigenvalue weighted by Crippen LogP contribution is -2.33. The van der Waals surface area contributed by atoms with Crippen molar-refractivity contribution >= 4 is 11.8 Å². The molecule has 1 aliphatic rings. The van der Waals surface area contributed by atoms with E-state index < -0.39 is 0 Å². The first-order chi connectivity index (χ1) is 7.43. The van der Waals surface area contributed by atoms with E-state index in [9.17, 15) is 0 Å². The summed E-state index contributed by atoms with van der Waals surface area (Å²) in [7, 11) is 0. The van der Waals surface area contributed by atoms with E-state index >= 15 is 0 Å². The molecule has 1 rings (SSSR count). The molecule has 1 fully saturated rings. The van der Waals surface area contributed by atoms with E-state index in [1.54, 1.807) is 0 Å². The Hall–Kier alpha value is 0.310. The molecule has 0 amide bonds. The number of unbranched alkanes of at least 4 members (excludes halogenated alkanes) is 6. The quantitative estimate of drug-likeness (QED) is 0.583. The highest BCUT2D eigenvalue weighted by molar-refractivity contribution is 7.99. The number of rotatable bonds is 8. The SMILES string of the molecule is CCCCCCCCCN1CCSCC1. The molecule has 0 bridgehead atoms. The number of hydrogen-bond acceptors (Lipinski definition) is 2. The third kappa shape index (κ3) is 7.24. The lowest BCUT2D eigenvalue weighted by atomic mass is 10.1. The van der Waals surface area contributed by atoms with Crippen LogP contribution in [0.1, 0.15) is 51.9 Å². The van der Waals surface area contributed by atoms with Crippen LogP contribution >= 0.6 is 11.8 Å². The molecule has 0 aliphatic carbocycles. The van der Waals surface area contributed by atoms with Crippen LogP contribution in [0.4, 0.5) is 0 Å². The van der Waals surface area contributed by atoms with Gasteiger partial charge >= 0.3 is 0 Å². The van der Waals surface area contributed by atoms with Crippen molar-refractivity contribution < 1.29 is 0 Å². The Balaban J connectivity index is 1.79. The second-order valence-electron chi connectivity index (χ2n) is 4.58. The molecular formula is C13H27NS. The molecule has 0 radical (unpaired) electrons. The third-order valence-electron chi connectivity index (χ3n) is 3.18. The summed E-state index contributed by atoms with van der Waals surface area (Å²) >= 11 is 2.11. The number of thioether (sulfide) groups is 1. The smallest absolute Gasteiger partial charge is 0.00727 e. The van der Waals surface area contributed by atoms with Crippen molar-refractivity contribution in [1.82, 2.24) is 4.90 Å². The van der Waals surface area contributed by atoms with Gasteiger partial charge in [-0.3, -0.25) is 0 Å². The van der Waals surface area contributed by atoms with E-state index in [0.717, 1.165) is 0 Å². The van der Waals surface area contributed by atoms with Crippen molar-refractivity contribution in [3.05, 3.63) is 0 Å². The lowest BCUT2D eigenvalue weighted by Gasteiger charge is -2.25. The third-order valence-corrected chi connectivity index (χ3v) is 4.12. The van der Waals surface area contributed by atoms with E-state index in [-0.39, 0.29) is 0 Å². The molecule has 0 aromatic heterocycles. The van der Waals surface area contributed by atoms with Gasteiger partial charge in [0.1, 0.15) is 0 Å². The van der Waals surface area contributed by atoms with Crippen LogP contribution in [-0.2, 0) is 0 Å². The summed E-state index contributed by atoms with van der Waals surface area (Å²) in [4.78, 5) is 2.64. The van der Waals surface area contributed by atoms with E-state index in [4.69, 9.17) is 0 Å². The summed E-state index contributed by atoms with van der Waals surface area (Å²) in [6, 6.07) is 0. The van der Waals surface area contributed by atoms with Crippen molar-refractivity contribution in [2.24, 2.45) is 0 Å². The van der Waals surface area contributed by atoms with Gasteiger partial charge in [0.25, 0.3) is 0 Å². The first-order valence-corrected chi connectivity index (χ1v) is 7.89. The van der Waals surface area contributed by atoms with Crippen LogP contribution in [0.2, 0.25) is 0 Å². The van der Waals surface area contributed by atoms with Crippen LogP contribution in [0, 0.1) is 0 Å². The molecule has 0 spiro atoms. The first kappa shape index (κ1) is 13.4. The normalized spacial score (nSPS) is 18.2. The molecule has 0 aromatic rings. The summed E-state index contributed by atoms with van der Waals surface area (Å²) in [6.07, 6.45) is 10.1. The average Bonchev–Trinajstić information content (AvgIpc) is 2.29. The van der Waals surface area contributed by atoms with E-state index in [0.29, 0.717) is 0 Å². The zero-order chi connectivity index (χ0) is 10.8. The summed E-state index contributed by atoms with van der Waals surface area (Å²) in [6.45, 7) is 6.31. The maximum absolute atomic E-state index is 2.64. The molecule has 1 nitrogen and oxygen atoms in total. The molecule has 0 saturated carbocycles. The van der Waals surface area contributed by atoms with Crippen LogP contribution in [0.5, 0.6) is 0 Å². The van der Waals surface area contributed by atoms with Gasteiger partial charge in [-0.05, 0) is 13.0 Å². The zero-order valence-electron chi connectivity index (χ0n) is 10.3. The minimum absolute atomic E-state index is 1.33. The molecule has 0 atom stereocenters. The molecular weight excluding hydrogens is 202 g/mol. The Morgan fingerprint density at radius 3 is 2.13 bits per heavy atom. The molecule has 0 N–H and O–H groups in total. The maximum Gasteiger partial charge on any atom is 0.00727 e.